The molecular formula is C18H20O3. The van der Waals surface area contributed by atoms with E-state index < -0.39 is 5.60 Å². The van der Waals surface area contributed by atoms with E-state index in [0.29, 0.717) is 12.8 Å². The largest absolute Gasteiger partial charge is 0.454 e. The first-order chi connectivity index (χ1) is 10.2. The molecule has 0 heterocycles. The number of hydrogen-bond donors (Lipinski definition) is 0. The Morgan fingerprint density at radius 3 is 2.52 bits per heavy atom. The number of esters is 1. The predicted octanol–water partition coefficient (Wildman–Crippen LogP) is 3.99. The average molecular weight is 284 g/mol. The normalized spacial score (nSPS) is 13.6. The molecule has 0 saturated carbocycles. The monoisotopic (exact) mass is 284 g/mol. The molecule has 0 aromatic heterocycles. The van der Waals surface area contributed by atoms with E-state index in [0.717, 1.165) is 22.6 Å². The SMILES string of the molecule is CCC(=O)OC(CC)(CC=O)c1cccc2ccccc12. The number of rotatable bonds is 6. The van der Waals surface area contributed by atoms with Gasteiger partial charge in [0.25, 0.3) is 0 Å². The van der Waals surface area contributed by atoms with Gasteiger partial charge in [0.1, 0.15) is 11.9 Å². The zero-order valence-corrected chi connectivity index (χ0v) is 12.5. The molecule has 110 valence electrons. The van der Waals surface area contributed by atoms with E-state index in [4.69, 9.17) is 4.74 Å². The van der Waals surface area contributed by atoms with Crippen molar-refractivity contribution in [3.05, 3.63) is 48.0 Å². The van der Waals surface area contributed by atoms with E-state index in [1.807, 2.05) is 49.4 Å². The first-order valence-corrected chi connectivity index (χ1v) is 7.30. The molecule has 0 spiro atoms. The van der Waals surface area contributed by atoms with Crippen molar-refractivity contribution < 1.29 is 14.3 Å². The fourth-order valence-electron chi connectivity index (χ4n) is 2.66. The van der Waals surface area contributed by atoms with Crippen LogP contribution in [0.2, 0.25) is 0 Å². The Morgan fingerprint density at radius 1 is 1.14 bits per heavy atom. The highest BCUT2D eigenvalue weighted by Crippen LogP contribution is 2.37. The Labute approximate surface area is 124 Å². The molecule has 2 aromatic rings. The Hall–Kier alpha value is -2.16. The van der Waals surface area contributed by atoms with Crippen LogP contribution in [-0.4, -0.2) is 12.3 Å². The van der Waals surface area contributed by atoms with Crippen LogP contribution in [-0.2, 0) is 19.9 Å². The third kappa shape index (κ3) is 2.97. The standard InChI is InChI=1S/C18H20O3/c1-3-17(20)21-18(4-2,12-13-19)16-11-7-9-14-8-5-6-10-15(14)16/h5-11,13H,3-4,12H2,1-2H3. The quantitative estimate of drug-likeness (QED) is 0.595. The predicted molar refractivity (Wildman–Crippen MR) is 83.0 cm³/mol. The molecule has 21 heavy (non-hydrogen) atoms. The molecule has 0 aliphatic rings. The van der Waals surface area contributed by atoms with Gasteiger partial charge >= 0.3 is 5.97 Å². The Kier molecular flexibility index (Phi) is 4.73. The highest BCUT2D eigenvalue weighted by atomic mass is 16.6. The minimum Gasteiger partial charge on any atom is -0.454 e. The lowest BCUT2D eigenvalue weighted by molar-refractivity contribution is -0.162. The second-order valence-electron chi connectivity index (χ2n) is 5.07. The third-order valence-corrected chi connectivity index (χ3v) is 3.86. The number of carbonyl (C=O) groups excluding carboxylic acids is 2. The van der Waals surface area contributed by atoms with Gasteiger partial charge in [-0.2, -0.15) is 0 Å². The lowest BCUT2D eigenvalue weighted by atomic mass is 9.84. The van der Waals surface area contributed by atoms with Crippen LogP contribution >= 0.6 is 0 Å². The molecule has 2 aromatic carbocycles. The average Bonchev–Trinajstić information content (AvgIpc) is 2.53. The number of carbonyl (C=O) groups is 2. The Balaban J connectivity index is 2.62. The number of fused-ring (bicyclic) bond motifs is 1. The van der Waals surface area contributed by atoms with E-state index in [1.165, 1.54) is 0 Å². The second kappa shape index (κ2) is 6.53. The molecule has 1 unspecified atom stereocenters. The maximum absolute atomic E-state index is 11.8. The first kappa shape index (κ1) is 15.2. The van der Waals surface area contributed by atoms with Gasteiger partial charge in [0.2, 0.25) is 0 Å². The van der Waals surface area contributed by atoms with Gasteiger partial charge in [0.05, 0.1) is 0 Å². The lowest BCUT2D eigenvalue weighted by Gasteiger charge is -2.32. The van der Waals surface area contributed by atoms with Crippen molar-refractivity contribution in [2.45, 2.75) is 38.7 Å². The van der Waals surface area contributed by atoms with Crippen LogP contribution < -0.4 is 0 Å². The zero-order valence-electron chi connectivity index (χ0n) is 12.5. The highest BCUT2D eigenvalue weighted by molar-refractivity contribution is 5.87. The summed E-state index contributed by atoms with van der Waals surface area (Å²) in [7, 11) is 0. The van der Waals surface area contributed by atoms with Crippen LogP contribution in [0.25, 0.3) is 10.8 Å². The molecule has 0 aliphatic heterocycles. The lowest BCUT2D eigenvalue weighted by Crippen LogP contribution is -2.32. The smallest absolute Gasteiger partial charge is 0.306 e. The Bertz CT molecular complexity index is 642. The summed E-state index contributed by atoms with van der Waals surface area (Å²) in [5.41, 5.74) is 0.0207. The van der Waals surface area contributed by atoms with Crippen molar-refractivity contribution in [2.24, 2.45) is 0 Å². The fraction of sp³-hybridized carbons (Fsp3) is 0.333. The minimum atomic E-state index is -0.879. The molecule has 1 atom stereocenters. The Morgan fingerprint density at radius 2 is 1.86 bits per heavy atom. The van der Waals surface area contributed by atoms with E-state index >= 15 is 0 Å². The van der Waals surface area contributed by atoms with Crippen molar-refractivity contribution in [3.63, 3.8) is 0 Å². The van der Waals surface area contributed by atoms with Gasteiger partial charge in [-0.1, -0.05) is 56.3 Å². The summed E-state index contributed by atoms with van der Waals surface area (Å²) < 4.78 is 5.70. The van der Waals surface area contributed by atoms with Crippen molar-refractivity contribution in [2.75, 3.05) is 0 Å². The molecule has 0 radical (unpaired) electrons. The topological polar surface area (TPSA) is 43.4 Å². The van der Waals surface area contributed by atoms with Crippen LogP contribution in [0.1, 0.15) is 38.7 Å². The van der Waals surface area contributed by atoms with Gasteiger partial charge in [-0.25, -0.2) is 0 Å². The van der Waals surface area contributed by atoms with E-state index in [-0.39, 0.29) is 12.4 Å². The summed E-state index contributed by atoms with van der Waals surface area (Å²) in [6, 6.07) is 13.8. The molecule has 3 nitrogen and oxygen atoms in total. The van der Waals surface area contributed by atoms with Crippen LogP contribution in [0.3, 0.4) is 0 Å². The zero-order chi connectivity index (χ0) is 15.3. The maximum atomic E-state index is 11.8. The summed E-state index contributed by atoms with van der Waals surface area (Å²) in [6.45, 7) is 3.70. The van der Waals surface area contributed by atoms with Gasteiger partial charge < -0.3 is 9.53 Å². The number of hydrogen-bond acceptors (Lipinski definition) is 3. The summed E-state index contributed by atoms with van der Waals surface area (Å²) in [5.74, 6) is -0.286. The first-order valence-electron chi connectivity index (χ1n) is 7.30. The molecule has 0 amide bonds. The molecule has 0 bridgehead atoms. The highest BCUT2D eigenvalue weighted by Gasteiger charge is 2.35. The molecule has 0 aliphatic carbocycles. The minimum absolute atomic E-state index is 0.170. The van der Waals surface area contributed by atoms with Crippen LogP contribution in [0.5, 0.6) is 0 Å². The van der Waals surface area contributed by atoms with Gasteiger partial charge in [-0.15, -0.1) is 0 Å². The molecule has 0 saturated heterocycles. The van der Waals surface area contributed by atoms with Gasteiger partial charge in [-0.05, 0) is 17.2 Å². The van der Waals surface area contributed by atoms with Crippen LogP contribution in [0.15, 0.2) is 42.5 Å². The summed E-state index contributed by atoms with van der Waals surface area (Å²) in [5, 5.41) is 2.10. The molecule has 2 rings (SSSR count). The van der Waals surface area contributed by atoms with E-state index in [1.54, 1.807) is 6.92 Å². The van der Waals surface area contributed by atoms with Gasteiger partial charge in [-0.3, -0.25) is 4.79 Å². The van der Waals surface area contributed by atoms with Crippen molar-refractivity contribution in [3.8, 4) is 0 Å². The van der Waals surface area contributed by atoms with Gasteiger partial charge in [0.15, 0.2) is 0 Å². The van der Waals surface area contributed by atoms with E-state index in [2.05, 4.69) is 0 Å². The van der Waals surface area contributed by atoms with Crippen molar-refractivity contribution in [1.29, 1.82) is 0 Å². The molecular weight excluding hydrogens is 264 g/mol. The van der Waals surface area contributed by atoms with Crippen LogP contribution in [0.4, 0.5) is 0 Å². The van der Waals surface area contributed by atoms with Crippen molar-refractivity contribution >= 4 is 23.0 Å². The molecule has 0 fully saturated rings. The number of aldehydes is 1. The fourth-order valence-corrected chi connectivity index (χ4v) is 2.66. The van der Waals surface area contributed by atoms with Crippen molar-refractivity contribution in [1.82, 2.24) is 0 Å². The molecule has 3 heteroatoms. The summed E-state index contributed by atoms with van der Waals surface area (Å²) in [6.07, 6.45) is 1.86. The number of ether oxygens (including phenoxy) is 1. The number of benzene rings is 2. The van der Waals surface area contributed by atoms with E-state index in [9.17, 15) is 9.59 Å². The second-order valence-corrected chi connectivity index (χ2v) is 5.07. The third-order valence-electron chi connectivity index (χ3n) is 3.86. The van der Waals surface area contributed by atoms with Gasteiger partial charge in [0, 0.05) is 18.4 Å². The summed E-state index contributed by atoms with van der Waals surface area (Å²) in [4.78, 5) is 23.0. The maximum Gasteiger partial charge on any atom is 0.306 e. The van der Waals surface area contributed by atoms with Crippen LogP contribution in [0, 0.1) is 0 Å². The molecule has 0 N–H and O–H groups in total. The summed E-state index contributed by atoms with van der Waals surface area (Å²) >= 11 is 0.